The molecule has 90 valence electrons. The molecular weight excluding hydrogens is 218 g/mol. The molecule has 0 aliphatic heterocycles. The van der Waals surface area contributed by atoms with Crippen molar-refractivity contribution >= 4 is 5.91 Å². The first kappa shape index (κ1) is 11.4. The van der Waals surface area contributed by atoms with Crippen LogP contribution in [0.3, 0.4) is 0 Å². The molecule has 0 aromatic carbocycles. The van der Waals surface area contributed by atoms with E-state index in [0.29, 0.717) is 12.1 Å². The summed E-state index contributed by atoms with van der Waals surface area (Å²) in [6.07, 6.45) is 3.42. The van der Waals surface area contributed by atoms with Crippen molar-refractivity contribution in [3.05, 3.63) is 35.4 Å². The normalized spacial score (nSPS) is 10.5. The van der Waals surface area contributed by atoms with Crippen LogP contribution in [0.2, 0.25) is 0 Å². The highest BCUT2D eigenvalue weighted by Crippen LogP contribution is 2.05. The third kappa shape index (κ3) is 2.35. The van der Waals surface area contributed by atoms with E-state index >= 15 is 0 Å². The van der Waals surface area contributed by atoms with Gasteiger partial charge in [-0.2, -0.15) is 10.2 Å². The SMILES string of the molecule is Cc1nn(C)cc1C(=O)NCc1ccnn1C. The second kappa shape index (κ2) is 4.40. The molecule has 2 rings (SSSR count). The molecule has 1 amide bonds. The van der Waals surface area contributed by atoms with Crippen molar-refractivity contribution in [2.45, 2.75) is 13.5 Å². The molecule has 6 heteroatoms. The van der Waals surface area contributed by atoms with Gasteiger partial charge < -0.3 is 5.32 Å². The molecule has 2 aromatic heterocycles. The summed E-state index contributed by atoms with van der Waals surface area (Å²) in [5.41, 5.74) is 2.30. The molecule has 0 saturated carbocycles. The highest BCUT2D eigenvalue weighted by molar-refractivity contribution is 5.94. The van der Waals surface area contributed by atoms with Crippen LogP contribution in [-0.4, -0.2) is 25.5 Å². The van der Waals surface area contributed by atoms with Crippen molar-refractivity contribution in [3.8, 4) is 0 Å². The van der Waals surface area contributed by atoms with Crippen molar-refractivity contribution in [3.63, 3.8) is 0 Å². The molecule has 0 fully saturated rings. The quantitative estimate of drug-likeness (QED) is 0.834. The van der Waals surface area contributed by atoms with Gasteiger partial charge in [-0.15, -0.1) is 0 Å². The van der Waals surface area contributed by atoms with Gasteiger partial charge in [0, 0.05) is 26.5 Å². The van der Waals surface area contributed by atoms with Gasteiger partial charge in [-0.3, -0.25) is 14.2 Å². The van der Waals surface area contributed by atoms with Crippen molar-refractivity contribution in [2.24, 2.45) is 14.1 Å². The molecule has 2 aromatic rings. The second-order valence-electron chi connectivity index (χ2n) is 3.93. The van der Waals surface area contributed by atoms with E-state index in [9.17, 15) is 4.79 Å². The maximum Gasteiger partial charge on any atom is 0.255 e. The standard InChI is InChI=1S/C11H15N5O/c1-8-10(7-15(2)14-8)11(17)12-6-9-4-5-13-16(9)3/h4-5,7H,6H2,1-3H3,(H,12,17). The molecule has 1 N–H and O–H groups in total. The van der Waals surface area contributed by atoms with Crippen LogP contribution in [0.1, 0.15) is 21.7 Å². The van der Waals surface area contributed by atoms with Crippen molar-refractivity contribution in [2.75, 3.05) is 0 Å². The summed E-state index contributed by atoms with van der Waals surface area (Å²) in [7, 11) is 3.64. The van der Waals surface area contributed by atoms with E-state index in [1.165, 1.54) is 0 Å². The number of nitrogens with one attached hydrogen (secondary N) is 1. The van der Waals surface area contributed by atoms with Gasteiger partial charge in [-0.1, -0.05) is 0 Å². The second-order valence-corrected chi connectivity index (χ2v) is 3.93. The van der Waals surface area contributed by atoms with E-state index in [-0.39, 0.29) is 5.91 Å². The Morgan fingerprint density at radius 3 is 2.76 bits per heavy atom. The molecule has 6 nitrogen and oxygen atoms in total. The lowest BCUT2D eigenvalue weighted by atomic mass is 10.2. The predicted octanol–water partition coefficient (Wildman–Crippen LogP) is 0.392. The number of aryl methyl sites for hydroxylation is 3. The Morgan fingerprint density at radius 1 is 1.47 bits per heavy atom. The fraction of sp³-hybridized carbons (Fsp3) is 0.364. The smallest absolute Gasteiger partial charge is 0.255 e. The molecule has 0 atom stereocenters. The van der Waals surface area contributed by atoms with Crippen molar-refractivity contribution < 1.29 is 4.79 Å². The number of amides is 1. The number of carbonyl (C=O) groups is 1. The highest BCUT2D eigenvalue weighted by Gasteiger charge is 2.12. The lowest BCUT2D eigenvalue weighted by Gasteiger charge is -2.04. The van der Waals surface area contributed by atoms with Gasteiger partial charge in [0.05, 0.1) is 23.5 Å². The van der Waals surface area contributed by atoms with Gasteiger partial charge in [0.2, 0.25) is 0 Å². The first-order chi connectivity index (χ1) is 8.08. The minimum atomic E-state index is -0.114. The Labute approximate surface area is 99.2 Å². The Balaban J connectivity index is 2.03. The van der Waals surface area contributed by atoms with Crippen LogP contribution in [0.25, 0.3) is 0 Å². The molecule has 0 radical (unpaired) electrons. The minimum Gasteiger partial charge on any atom is -0.346 e. The number of aromatic nitrogens is 4. The number of nitrogens with zero attached hydrogens (tertiary/aromatic N) is 4. The minimum absolute atomic E-state index is 0.114. The first-order valence-electron chi connectivity index (χ1n) is 5.33. The van der Waals surface area contributed by atoms with E-state index < -0.39 is 0 Å². The fourth-order valence-corrected chi connectivity index (χ4v) is 1.66. The number of carbonyl (C=O) groups excluding carboxylic acids is 1. The topological polar surface area (TPSA) is 64.7 Å². The molecule has 0 aliphatic rings. The van der Waals surface area contributed by atoms with Crippen LogP contribution in [-0.2, 0) is 20.6 Å². The average Bonchev–Trinajstić information content (AvgIpc) is 2.81. The fourth-order valence-electron chi connectivity index (χ4n) is 1.66. The van der Waals surface area contributed by atoms with Gasteiger partial charge in [0.25, 0.3) is 5.91 Å². The monoisotopic (exact) mass is 233 g/mol. The maximum absolute atomic E-state index is 11.9. The third-order valence-electron chi connectivity index (χ3n) is 2.61. The number of hydrogen-bond donors (Lipinski definition) is 1. The third-order valence-corrected chi connectivity index (χ3v) is 2.61. The zero-order valence-corrected chi connectivity index (χ0v) is 10.1. The largest absolute Gasteiger partial charge is 0.346 e. The van der Waals surface area contributed by atoms with Crippen LogP contribution < -0.4 is 5.32 Å². The van der Waals surface area contributed by atoms with E-state index in [0.717, 1.165) is 11.4 Å². The summed E-state index contributed by atoms with van der Waals surface area (Å²) in [6.45, 7) is 2.28. The Bertz CT molecular complexity index is 540. The highest BCUT2D eigenvalue weighted by atomic mass is 16.1. The van der Waals surface area contributed by atoms with Gasteiger partial charge >= 0.3 is 0 Å². The summed E-state index contributed by atoms with van der Waals surface area (Å²) in [6, 6.07) is 1.87. The van der Waals surface area contributed by atoms with Crippen LogP contribution in [0, 0.1) is 6.92 Å². The first-order valence-corrected chi connectivity index (χ1v) is 5.33. The maximum atomic E-state index is 11.9. The summed E-state index contributed by atoms with van der Waals surface area (Å²) >= 11 is 0. The van der Waals surface area contributed by atoms with Crippen LogP contribution in [0.15, 0.2) is 18.5 Å². The summed E-state index contributed by atoms with van der Waals surface area (Å²) in [5.74, 6) is -0.114. The van der Waals surface area contributed by atoms with Gasteiger partial charge in [-0.25, -0.2) is 0 Å². The van der Waals surface area contributed by atoms with Gasteiger partial charge in [0.15, 0.2) is 0 Å². The van der Waals surface area contributed by atoms with Gasteiger partial charge in [-0.05, 0) is 13.0 Å². The lowest BCUT2D eigenvalue weighted by Crippen LogP contribution is -2.24. The molecular formula is C11H15N5O. The molecule has 0 bridgehead atoms. The van der Waals surface area contributed by atoms with E-state index in [4.69, 9.17) is 0 Å². The predicted molar refractivity (Wildman–Crippen MR) is 62.3 cm³/mol. The van der Waals surface area contributed by atoms with Crippen molar-refractivity contribution in [1.29, 1.82) is 0 Å². The molecule has 0 saturated heterocycles. The van der Waals surface area contributed by atoms with Gasteiger partial charge in [0.1, 0.15) is 0 Å². The van der Waals surface area contributed by atoms with E-state index in [2.05, 4.69) is 15.5 Å². The molecule has 0 aliphatic carbocycles. The number of hydrogen-bond acceptors (Lipinski definition) is 3. The lowest BCUT2D eigenvalue weighted by molar-refractivity contribution is 0.0949. The molecule has 2 heterocycles. The Kier molecular flexibility index (Phi) is 2.95. The molecule has 0 spiro atoms. The zero-order chi connectivity index (χ0) is 12.4. The van der Waals surface area contributed by atoms with E-state index in [1.54, 1.807) is 28.8 Å². The Hall–Kier alpha value is -2.11. The van der Waals surface area contributed by atoms with Crippen LogP contribution in [0.5, 0.6) is 0 Å². The summed E-state index contributed by atoms with van der Waals surface area (Å²) < 4.78 is 3.37. The number of rotatable bonds is 3. The average molecular weight is 233 g/mol. The zero-order valence-electron chi connectivity index (χ0n) is 10.1. The van der Waals surface area contributed by atoms with E-state index in [1.807, 2.05) is 20.0 Å². The summed E-state index contributed by atoms with van der Waals surface area (Å²) in [5, 5.41) is 11.0. The van der Waals surface area contributed by atoms with Crippen LogP contribution >= 0.6 is 0 Å². The molecule has 17 heavy (non-hydrogen) atoms. The molecule has 0 unspecified atom stereocenters. The summed E-state index contributed by atoms with van der Waals surface area (Å²) in [4.78, 5) is 11.9. The Morgan fingerprint density at radius 2 is 2.24 bits per heavy atom. The van der Waals surface area contributed by atoms with Crippen molar-refractivity contribution in [1.82, 2.24) is 24.9 Å². The van der Waals surface area contributed by atoms with Crippen LogP contribution in [0.4, 0.5) is 0 Å².